The van der Waals surface area contributed by atoms with Crippen LogP contribution in [0.2, 0.25) is 5.02 Å². The van der Waals surface area contributed by atoms with E-state index in [1.807, 2.05) is 0 Å². The quantitative estimate of drug-likeness (QED) is 0.739. The van der Waals surface area contributed by atoms with Crippen LogP contribution in [0, 0.1) is 0 Å². The van der Waals surface area contributed by atoms with E-state index in [0.717, 1.165) is 11.3 Å². The highest BCUT2D eigenvalue weighted by Gasteiger charge is 2.10. The van der Waals surface area contributed by atoms with Gasteiger partial charge in [-0.15, -0.1) is 0 Å². The highest BCUT2D eigenvalue weighted by Crippen LogP contribution is 2.19. The Morgan fingerprint density at radius 1 is 1.14 bits per heavy atom. The summed E-state index contributed by atoms with van der Waals surface area (Å²) in [6.07, 6.45) is 0. The Balaban J connectivity index is 2.19. The summed E-state index contributed by atoms with van der Waals surface area (Å²) < 4.78 is 1.87. The Morgan fingerprint density at radius 3 is 2.71 bits per heavy atom. The van der Waals surface area contributed by atoms with Crippen molar-refractivity contribution in [2.75, 3.05) is 5.73 Å². The summed E-state index contributed by atoms with van der Waals surface area (Å²) in [5, 5.41) is 1.05. The van der Waals surface area contributed by atoms with Crippen LogP contribution in [-0.2, 0) is 6.54 Å². The number of nitrogen functional groups attached to an aromatic ring is 1. The van der Waals surface area contributed by atoms with Gasteiger partial charge in [-0.1, -0.05) is 35.1 Å². The van der Waals surface area contributed by atoms with E-state index in [1.165, 1.54) is 4.57 Å². The van der Waals surface area contributed by atoms with Gasteiger partial charge in [-0.25, -0.2) is 0 Å². The summed E-state index contributed by atoms with van der Waals surface area (Å²) in [5.41, 5.74) is 6.73. The van der Waals surface area contributed by atoms with Gasteiger partial charge in [0.15, 0.2) is 0 Å². The Bertz CT molecular complexity index is 946. The van der Waals surface area contributed by atoms with Crippen LogP contribution in [0.3, 0.4) is 0 Å². The Morgan fingerprint density at radius 2 is 1.90 bits per heavy atom. The zero-order valence-corrected chi connectivity index (χ0v) is 12.4. The Kier molecular flexibility index (Phi) is 3.53. The minimum Gasteiger partial charge on any atom is -0.398 e. The van der Waals surface area contributed by atoms with Gasteiger partial charge in [0.1, 0.15) is 0 Å². The summed E-state index contributed by atoms with van der Waals surface area (Å²) >= 11 is 6.98. The number of rotatable bonds is 2. The summed E-state index contributed by atoms with van der Waals surface area (Å²) in [6.45, 7) is 0.116. The number of nitrogens with two attached hydrogens (primary N) is 1. The van der Waals surface area contributed by atoms with Crippen molar-refractivity contribution in [2.24, 2.45) is 0 Å². The van der Waals surface area contributed by atoms with Crippen LogP contribution in [0.25, 0.3) is 10.1 Å². The largest absolute Gasteiger partial charge is 0.398 e. The van der Waals surface area contributed by atoms with Crippen molar-refractivity contribution in [1.29, 1.82) is 0 Å². The van der Waals surface area contributed by atoms with E-state index in [-0.39, 0.29) is 17.0 Å². The minimum atomic E-state index is -0.311. The molecule has 0 saturated heterocycles. The minimum absolute atomic E-state index is 0.116. The van der Waals surface area contributed by atoms with Crippen LogP contribution >= 0.6 is 22.9 Å². The lowest BCUT2D eigenvalue weighted by Gasteiger charge is -2.08. The molecule has 0 amide bonds. The van der Waals surface area contributed by atoms with Crippen molar-refractivity contribution >= 4 is 38.7 Å². The molecule has 0 radical (unpaired) electrons. The van der Waals surface area contributed by atoms with Gasteiger partial charge >= 0.3 is 4.87 Å². The van der Waals surface area contributed by atoms with Gasteiger partial charge in [0.05, 0.1) is 11.9 Å². The first-order chi connectivity index (χ1) is 10.1. The van der Waals surface area contributed by atoms with E-state index in [4.69, 9.17) is 17.3 Å². The van der Waals surface area contributed by atoms with E-state index in [0.29, 0.717) is 26.4 Å². The zero-order valence-electron chi connectivity index (χ0n) is 10.9. The molecule has 2 N–H and O–H groups in total. The highest BCUT2D eigenvalue weighted by molar-refractivity contribution is 7.16. The van der Waals surface area contributed by atoms with E-state index >= 15 is 0 Å². The molecule has 0 saturated carbocycles. The number of nitrogens with zero attached hydrogens (tertiary/aromatic N) is 1. The van der Waals surface area contributed by atoms with Crippen molar-refractivity contribution in [3.63, 3.8) is 0 Å². The third-order valence-corrected chi connectivity index (χ3v) is 4.42. The average Bonchev–Trinajstić information content (AvgIpc) is 2.47. The average molecular weight is 319 g/mol. The number of aromatic nitrogens is 1. The molecule has 1 heterocycles. The van der Waals surface area contributed by atoms with Gasteiger partial charge in [0.25, 0.3) is 5.56 Å². The van der Waals surface area contributed by atoms with E-state index in [2.05, 4.69) is 0 Å². The predicted molar refractivity (Wildman–Crippen MR) is 87.3 cm³/mol. The van der Waals surface area contributed by atoms with Gasteiger partial charge in [-0.05, 0) is 35.9 Å². The fourth-order valence-electron chi connectivity index (χ4n) is 2.13. The monoisotopic (exact) mass is 318 g/mol. The molecule has 106 valence electrons. The van der Waals surface area contributed by atoms with Crippen molar-refractivity contribution in [2.45, 2.75) is 6.54 Å². The number of benzene rings is 2. The molecule has 21 heavy (non-hydrogen) atoms. The highest BCUT2D eigenvalue weighted by atomic mass is 35.5. The SMILES string of the molecule is Nc1ccc(Cl)cc1Cn1c(=O)sc2ccccc2c1=O. The molecule has 3 aromatic rings. The Labute approximate surface area is 129 Å². The molecule has 6 heteroatoms. The first kappa shape index (κ1) is 13.9. The second-order valence-corrected chi connectivity index (χ2v) is 6.03. The third kappa shape index (κ3) is 2.57. The van der Waals surface area contributed by atoms with Crippen molar-refractivity contribution < 1.29 is 0 Å². The number of fused-ring (bicyclic) bond motifs is 1. The molecule has 3 rings (SSSR count). The van der Waals surface area contributed by atoms with E-state index in [1.54, 1.807) is 42.5 Å². The lowest BCUT2D eigenvalue weighted by molar-refractivity contribution is 0.754. The molecule has 0 atom stereocenters. The van der Waals surface area contributed by atoms with Crippen molar-refractivity contribution in [1.82, 2.24) is 4.57 Å². The second-order valence-electron chi connectivity index (χ2n) is 4.60. The summed E-state index contributed by atoms with van der Waals surface area (Å²) in [5.74, 6) is 0. The molecule has 0 aliphatic heterocycles. The fraction of sp³-hybridized carbons (Fsp3) is 0.0667. The summed E-state index contributed by atoms with van der Waals surface area (Å²) in [4.78, 5) is 24.3. The topological polar surface area (TPSA) is 65.1 Å². The standard InChI is InChI=1S/C15H11ClN2O2S/c16-10-5-6-12(17)9(7-10)8-18-14(19)11-3-1-2-4-13(11)21-15(18)20/h1-7H,8,17H2. The number of anilines is 1. The number of hydrogen-bond acceptors (Lipinski definition) is 4. The first-order valence-electron chi connectivity index (χ1n) is 6.23. The first-order valence-corrected chi connectivity index (χ1v) is 7.42. The van der Waals surface area contributed by atoms with Crippen LogP contribution in [0.1, 0.15) is 5.56 Å². The molecular weight excluding hydrogens is 308 g/mol. The maximum absolute atomic E-state index is 12.4. The van der Waals surface area contributed by atoms with Gasteiger partial charge in [0.2, 0.25) is 0 Å². The second kappa shape index (κ2) is 5.35. The molecule has 2 aromatic carbocycles. The molecular formula is C15H11ClN2O2S. The predicted octanol–water partition coefficient (Wildman–Crippen LogP) is 2.71. The van der Waals surface area contributed by atoms with Crippen LogP contribution < -0.4 is 16.2 Å². The molecule has 0 unspecified atom stereocenters. The third-order valence-electron chi connectivity index (χ3n) is 3.21. The molecule has 0 aliphatic carbocycles. The number of halogens is 1. The maximum atomic E-state index is 12.4. The lowest BCUT2D eigenvalue weighted by Crippen LogP contribution is -2.31. The van der Waals surface area contributed by atoms with Gasteiger partial charge < -0.3 is 5.73 Å². The van der Waals surface area contributed by atoms with Gasteiger partial charge in [-0.3, -0.25) is 14.2 Å². The van der Waals surface area contributed by atoms with Gasteiger partial charge in [0, 0.05) is 15.4 Å². The normalized spacial score (nSPS) is 10.9. The maximum Gasteiger partial charge on any atom is 0.310 e. The molecule has 0 bridgehead atoms. The smallest absolute Gasteiger partial charge is 0.310 e. The van der Waals surface area contributed by atoms with E-state index in [9.17, 15) is 9.59 Å². The van der Waals surface area contributed by atoms with Gasteiger partial charge in [-0.2, -0.15) is 0 Å². The molecule has 0 spiro atoms. The molecule has 1 aromatic heterocycles. The van der Waals surface area contributed by atoms with Crippen molar-refractivity contribution in [3.05, 3.63) is 73.1 Å². The Hall–Kier alpha value is -2.11. The summed E-state index contributed by atoms with van der Waals surface area (Å²) in [7, 11) is 0. The number of hydrogen-bond donors (Lipinski definition) is 1. The van der Waals surface area contributed by atoms with Crippen LogP contribution in [0.5, 0.6) is 0 Å². The molecule has 0 fully saturated rings. The van der Waals surface area contributed by atoms with Crippen LogP contribution in [-0.4, -0.2) is 4.57 Å². The van der Waals surface area contributed by atoms with Crippen LogP contribution in [0.4, 0.5) is 5.69 Å². The molecule has 4 nitrogen and oxygen atoms in total. The fourth-order valence-corrected chi connectivity index (χ4v) is 3.18. The zero-order chi connectivity index (χ0) is 15.0. The lowest BCUT2D eigenvalue weighted by atomic mass is 10.2. The molecule has 0 aliphatic rings. The van der Waals surface area contributed by atoms with Crippen molar-refractivity contribution in [3.8, 4) is 0 Å². The van der Waals surface area contributed by atoms with E-state index < -0.39 is 0 Å². The summed E-state index contributed by atoms with van der Waals surface area (Å²) in [6, 6.07) is 12.1. The van der Waals surface area contributed by atoms with Crippen LogP contribution in [0.15, 0.2) is 52.1 Å².